The standard InChI is InChI=1S/C22H23N5/c1-12(2)16-9-13(3)20-15(7-8-25-20)19(16)22(4,24)21-26-17-6-5-14(11-23)10-18(17)27-21/h5-10,12,25H,24H2,1-4H3,(H,26,27). The van der Waals surface area contributed by atoms with E-state index in [0.717, 1.165) is 27.5 Å². The summed E-state index contributed by atoms with van der Waals surface area (Å²) in [5.74, 6) is 1.02. The Morgan fingerprint density at radius 2 is 2.00 bits per heavy atom. The van der Waals surface area contributed by atoms with Crippen LogP contribution in [0.5, 0.6) is 0 Å². The van der Waals surface area contributed by atoms with E-state index in [9.17, 15) is 0 Å². The van der Waals surface area contributed by atoms with E-state index in [1.165, 1.54) is 11.1 Å². The molecule has 1 unspecified atom stereocenters. The Labute approximate surface area is 158 Å². The highest BCUT2D eigenvalue weighted by Crippen LogP contribution is 2.38. The summed E-state index contributed by atoms with van der Waals surface area (Å²) in [6.07, 6.45) is 1.96. The summed E-state index contributed by atoms with van der Waals surface area (Å²) in [5.41, 5.74) is 13.0. The first kappa shape index (κ1) is 17.3. The van der Waals surface area contributed by atoms with Crippen molar-refractivity contribution in [2.45, 2.75) is 39.2 Å². The van der Waals surface area contributed by atoms with Crippen molar-refractivity contribution in [2.24, 2.45) is 5.73 Å². The van der Waals surface area contributed by atoms with E-state index < -0.39 is 5.54 Å². The van der Waals surface area contributed by atoms with Gasteiger partial charge in [0.25, 0.3) is 0 Å². The van der Waals surface area contributed by atoms with E-state index in [1.54, 1.807) is 6.07 Å². The van der Waals surface area contributed by atoms with Gasteiger partial charge >= 0.3 is 0 Å². The van der Waals surface area contributed by atoms with E-state index in [-0.39, 0.29) is 0 Å². The third kappa shape index (κ3) is 2.61. The van der Waals surface area contributed by atoms with Crippen LogP contribution in [-0.2, 0) is 5.54 Å². The lowest BCUT2D eigenvalue weighted by atomic mass is 9.81. The number of hydrogen-bond acceptors (Lipinski definition) is 3. The van der Waals surface area contributed by atoms with Gasteiger partial charge in [0.05, 0.1) is 28.2 Å². The van der Waals surface area contributed by atoms with E-state index in [4.69, 9.17) is 16.0 Å². The Balaban J connectivity index is 1.99. The zero-order valence-corrected chi connectivity index (χ0v) is 16.0. The Bertz CT molecular complexity index is 1200. The maximum atomic E-state index is 9.15. The summed E-state index contributed by atoms with van der Waals surface area (Å²) >= 11 is 0. The molecule has 4 rings (SSSR count). The Hall–Kier alpha value is -3.10. The molecule has 4 N–H and O–H groups in total. The number of fused-ring (bicyclic) bond motifs is 2. The quantitative estimate of drug-likeness (QED) is 0.501. The summed E-state index contributed by atoms with van der Waals surface area (Å²) in [7, 11) is 0. The van der Waals surface area contributed by atoms with Gasteiger partial charge in [0.15, 0.2) is 0 Å². The van der Waals surface area contributed by atoms with E-state index in [2.05, 4.69) is 48.9 Å². The molecule has 0 saturated carbocycles. The smallest absolute Gasteiger partial charge is 0.131 e. The van der Waals surface area contributed by atoms with Crippen molar-refractivity contribution in [1.82, 2.24) is 15.0 Å². The molecule has 0 aliphatic carbocycles. The Morgan fingerprint density at radius 1 is 1.22 bits per heavy atom. The molecule has 5 nitrogen and oxygen atoms in total. The maximum Gasteiger partial charge on any atom is 0.131 e. The van der Waals surface area contributed by atoms with Crippen LogP contribution in [0.1, 0.15) is 54.8 Å². The number of imidazole rings is 1. The highest BCUT2D eigenvalue weighted by atomic mass is 15.0. The fourth-order valence-corrected chi connectivity index (χ4v) is 3.92. The molecule has 1 atom stereocenters. The van der Waals surface area contributed by atoms with Crippen LogP contribution < -0.4 is 5.73 Å². The molecule has 2 aromatic carbocycles. The molecular weight excluding hydrogens is 334 g/mol. The number of aromatic nitrogens is 3. The van der Waals surface area contributed by atoms with Crippen molar-refractivity contribution in [3.63, 3.8) is 0 Å². The average Bonchev–Trinajstić information content (AvgIpc) is 3.27. The predicted octanol–water partition coefficient (Wildman–Crippen LogP) is 4.57. The summed E-state index contributed by atoms with van der Waals surface area (Å²) in [5, 5.41) is 10.3. The minimum Gasteiger partial charge on any atom is -0.361 e. The Kier molecular flexibility index (Phi) is 3.83. The molecule has 4 aromatic rings. The van der Waals surface area contributed by atoms with Gasteiger partial charge in [-0.3, -0.25) is 0 Å². The van der Waals surface area contributed by atoms with Crippen molar-refractivity contribution >= 4 is 21.9 Å². The van der Waals surface area contributed by atoms with E-state index >= 15 is 0 Å². The molecule has 0 fully saturated rings. The number of rotatable bonds is 3. The van der Waals surface area contributed by atoms with Gasteiger partial charge in [-0.2, -0.15) is 5.26 Å². The number of nitriles is 1. The first-order valence-electron chi connectivity index (χ1n) is 9.13. The van der Waals surface area contributed by atoms with Gasteiger partial charge in [-0.15, -0.1) is 0 Å². The highest BCUT2D eigenvalue weighted by molar-refractivity contribution is 5.89. The number of nitrogens with one attached hydrogen (secondary N) is 2. The van der Waals surface area contributed by atoms with Gasteiger partial charge in [-0.25, -0.2) is 4.98 Å². The van der Waals surface area contributed by atoms with Gasteiger partial charge in [0, 0.05) is 17.1 Å². The zero-order valence-electron chi connectivity index (χ0n) is 16.0. The molecular formula is C22H23N5. The number of hydrogen-bond donors (Lipinski definition) is 3. The number of H-pyrrole nitrogens is 2. The number of aryl methyl sites for hydroxylation is 1. The molecule has 0 aliphatic rings. The summed E-state index contributed by atoms with van der Waals surface area (Å²) < 4.78 is 0. The van der Waals surface area contributed by atoms with E-state index in [1.807, 2.05) is 25.3 Å². The molecule has 0 bridgehead atoms. The fraction of sp³-hybridized carbons (Fsp3) is 0.273. The second-order valence-electron chi connectivity index (χ2n) is 7.71. The van der Waals surface area contributed by atoms with Crippen LogP contribution in [0.15, 0.2) is 36.5 Å². The van der Waals surface area contributed by atoms with Gasteiger partial charge in [0.2, 0.25) is 0 Å². The van der Waals surface area contributed by atoms with Crippen molar-refractivity contribution in [1.29, 1.82) is 5.26 Å². The van der Waals surface area contributed by atoms with Gasteiger partial charge < -0.3 is 15.7 Å². The van der Waals surface area contributed by atoms with Crippen molar-refractivity contribution in [3.05, 3.63) is 64.6 Å². The number of nitrogens with two attached hydrogens (primary N) is 1. The van der Waals surface area contributed by atoms with Crippen LogP contribution in [0.25, 0.3) is 21.9 Å². The minimum atomic E-state index is -0.806. The number of nitrogens with zero attached hydrogens (tertiary/aromatic N) is 2. The molecule has 0 spiro atoms. The minimum absolute atomic E-state index is 0.329. The summed E-state index contributed by atoms with van der Waals surface area (Å²) in [6.45, 7) is 8.49. The van der Waals surface area contributed by atoms with Gasteiger partial charge in [0.1, 0.15) is 5.82 Å². The summed E-state index contributed by atoms with van der Waals surface area (Å²) in [4.78, 5) is 11.4. The number of benzene rings is 2. The normalized spacial score (nSPS) is 14.0. The average molecular weight is 357 g/mol. The zero-order chi connectivity index (χ0) is 19.3. The van der Waals surface area contributed by atoms with Crippen molar-refractivity contribution in [2.75, 3.05) is 0 Å². The highest BCUT2D eigenvalue weighted by Gasteiger charge is 2.33. The lowest BCUT2D eigenvalue weighted by Gasteiger charge is -2.29. The molecule has 0 amide bonds. The van der Waals surface area contributed by atoms with Gasteiger partial charge in [-0.1, -0.05) is 19.9 Å². The van der Waals surface area contributed by atoms with Crippen molar-refractivity contribution in [3.8, 4) is 6.07 Å². The second kappa shape index (κ2) is 5.97. The topological polar surface area (TPSA) is 94.3 Å². The van der Waals surface area contributed by atoms with Crippen LogP contribution in [0, 0.1) is 18.3 Å². The van der Waals surface area contributed by atoms with Crippen LogP contribution in [0.2, 0.25) is 0 Å². The second-order valence-corrected chi connectivity index (χ2v) is 7.71. The largest absolute Gasteiger partial charge is 0.361 e. The first-order valence-corrected chi connectivity index (χ1v) is 9.13. The Morgan fingerprint density at radius 3 is 2.70 bits per heavy atom. The molecule has 2 aromatic heterocycles. The molecule has 0 aliphatic heterocycles. The van der Waals surface area contributed by atoms with E-state index in [0.29, 0.717) is 17.3 Å². The lowest BCUT2D eigenvalue weighted by Crippen LogP contribution is -2.37. The number of aromatic amines is 2. The third-order valence-electron chi connectivity index (χ3n) is 5.32. The summed E-state index contributed by atoms with van der Waals surface area (Å²) in [6, 6.07) is 11.9. The molecule has 2 heterocycles. The molecule has 5 heteroatoms. The molecule has 136 valence electrons. The van der Waals surface area contributed by atoms with Gasteiger partial charge in [-0.05, 0) is 60.7 Å². The first-order chi connectivity index (χ1) is 12.8. The maximum absolute atomic E-state index is 9.15. The van der Waals surface area contributed by atoms with Crippen molar-refractivity contribution < 1.29 is 0 Å². The van der Waals surface area contributed by atoms with Crippen LogP contribution in [-0.4, -0.2) is 15.0 Å². The SMILES string of the molecule is Cc1cc(C(C)C)c(C(C)(N)c2nc3ccc(C#N)cc3[nH]2)c2cc[nH]c12. The molecule has 0 saturated heterocycles. The lowest BCUT2D eigenvalue weighted by molar-refractivity contribution is 0.561. The fourth-order valence-electron chi connectivity index (χ4n) is 3.92. The molecule has 0 radical (unpaired) electrons. The van der Waals surface area contributed by atoms with Crippen LogP contribution in [0.4, 0.5) is 0 Å². The molecule has 27 heavy (non-hydrogen) atoms. The van der Waals surface area contributed by atoms with Crippen LogP contribution >= 0.6 is 0 Å². The monoisotopic (exact) mass is 357 g/mol. The predicted molar refractivity (Wildman–Crippen MR) is 109 cm³/mol. The van der Waals surface area contributed by atoms with Crippen LogP contribution in [0.3, 0.4) is 0 Å². The third-order valence-corrected chi connectivity index (χ3v) is 5.32.